The number of nitrogens with one attached hydrogen (secondary N) is 2. The number of aryl methyl sites for hydroxylation is 1. The molecule has 31 heavy (non-hydrogen) atoms. The van der Waals surface area contributed by atoms with Gasteiger partial charge in [0.2, 0.25) is 5.95 Å². The fraction of sp³-hybridized carbons (Fsp3) is 0.238. The summed E-state index contributed by atoms with van der Waals surface area (Å²) in [5, 5.41) is 27.7. The zero-order valence-corrected chi connectivity index (χ0v) is 17.5. The number of methoxy groups -OCH3 is 2. The number of aromatic nitrogens is 4. The maximum absolute atomic E-state index is 13.4. The summed E-state index contributed by atoms with van der Waals surface area (Å²) >= 11 is 0. The Kier molecular flexibility index (Phi) is 5.20. The first-order valence-electron chi connectivity index (χ1n) is 9.51. The van der Waals surface area contributed by atoms with Crippen molar-refractivity contribution in [2.75, 3.05) is 24.9 Å². The lowest BCUT2D eigenvalue weighted by Gasteiger charge is -2.28. The highest BCUT2D eigenvalue weighted by Crippen LogP contribution is 2.37. The van der Waals surface area contributed by atoms with Crippen LogP contribution in [0.25, 0.3) is 0 Å². The molecule has 1 aliphatic heterocycles. The third-order valence-electron chi connectivity index (χ3n) is 5.15. The molecular weight excluding hydrogens is 400 g/mol. The van der Waals surface area contributed by atoms with Crippen molar-refractivity contribution in [3.63, 3.8) is 0 Å². The molecule has 0 saturated heterocycles. The Bertz CT molecular complexity index is 1190. The van der Waals surface area contributed by atoms with Gasteiger partial charge in [0.05, 0.1) is 25.5 Å². The largest absolute Gasteiger partial charge is 0.508 e. The van der Waals surface area contributed by atoms with E-state index in [9.17, 15) is 9.90 Å². The fourth-order valence-corrected chi connectivity index (χ4v) is 3.55. The number of hydrogen-bond acceptors (Lipinski definition) is 8. The number of rotatable bonds is 5. The number of carbonyl (C=O) groups excluding carboxylic acids is 1. The summed E-state index contributed by atoms with van der Waals surface area (Å²) < 4.78 is 12.2. The Labute approximate surface area is 178 Å². The summed E-state index contributed by atoms with van der Waals surface area (Å²) in [5.41, 5.74) is 2.99. The van der Waals surface area contributed by atoms with Crippen LogP contribution in [0.3, 0.4) is 0 Å². The lowest BCUT2D eigenvalue weighted by Crippen LogP contribution is -2.31. The number of hydrogen-bond donors (Lipinski definition) is 3. The number of amides is 1. The first kappa shape index (κ1) is 20.2. The van der Waals surface area contributed by atoms with E-state index in [1.54, 1.807) is 56.0 Å². The molecule has 1 atom stereocenters. The van der Waals surface area contributed by atoms with Gasteiger partial charge in [0.15, 0.2) is 0 Å². The molecule has 0 aliphatic carbocycles. The van der Waals surface area contributed by atoms with E-state index in [2.05, 4.69) is 26.2 Å². The van der Waals surface area contributed by atoms with Gasteiger partial charge in [-0.25, -0.2) is 0 Å². The molecule has 3 aromatic rings. The first-order valence-corrected chi connectivity index (χ1v) is 9.51. The van der Waals surface area contributed by atoms with E-state index in [-0.39, 0.29) is 11.7 Å². The summed E-state index contributed by atoms with van der Waals surface area (Å²) in [6.07, 6.45) is 0. The highest BCUT2D eigenvalue weighted by molar-refractivity contribution is 6.06. The number of anilines is 2. The fourth-order valence-electron chi connectivity index (χ4n) is 3.55. The number of carbonyl (C=O) groups is 1. The molecule has 0 unspecified atom stereocenters. The lowest BCUT2D eigenvalue weighted by molar-refractivity contribution is -0.113. The number of phenols is 1. The van der Waals surface area contributed by atoms with Crippen molar-refractivity contribution in [2.45, 2.75) is 19.9 Å². The van der Waals surface area contributed by atoms with Crippen LogP contribution in [0.1, 0.15) is 24.1 Å². The molecule has 1 aromatic heterocycles. The van der Waals surface area contributed by atoms with Crippen LogP contribution in [0, 0.1) is 6.92 Å². The molecule has 0 radical (unpaired) electrons. The minimum atomic E-state index is -0.588. The van der Waals surface area contributed by atoms with Crippen molar-refractivity contribution in [1.82, 2.24) is 20.2 Å². The van der Waals surface area contributed by atoms with Gasteiger partial charge in [0, 0.05) is 11.8 Å². The predicted octanol–water partition coefficient (Wildman–Crippen LogP) is 2.63. The van der Waals surface area contributed by atoms with Gasteiger partial charge in [0.1, 0.15) is 23.3 Å². The van der Waals surface area contributed by atoms with Crippen LogP contribution in [0.4, 0.5) is 11.6 Å². The van der Waals surface area contributed by atoms with E-state index in [0.29, 0.717) is 40.0 Å². The molecule has 10 nitrogen and oxygen atoms in total. The number of fused-ring (bicyclic) bond motifs is 1. The molecule has 0 spiro atoms. The molecule has 0 saturated carbocycles. The minimum Gasteiger partial charge on any atom is -0.508 e. The molecule has 2 aromatic carbocycles. The summed E-state index contributed by atoms with van der Waals surface area (Å²) in [6.45, 7) is 3.58. The van der Waals surface area contributed by atoms with Gasteiger partial charge in [-0.2, -0.15) is 4.68 Å². The quantitative estimate of drug-likeness (QED) is 0.573. The van der Waals surface area contributed by atoms with E-state index in [0.717, 1.165) is 5.56 Å². The van der Waals surface area contributed by atoms with Crippen molar-refractivity contribution in [1.29, 1.82) is 0 Å². The molecule has 3 N–H and O–H groups in total. The van der Waals surface area contributed by atoms with Crippen LogP contribution in [-0.2, 0) is 4.79 Å². The average molecular weight is 422 g/mol. The van der Waals surface area contributed by atoms with Crippen LogP contribution < -0.4 is 20.1 Å². The second-order valence-corrected chi connectivity index (χ2v) is 7.08. The van der Waals surface area contributed by atoms with Crippen molar-refractivity contribution < 1.29 is 19.4 Å². The zero-order valence-electron chi connectivity index (χ0n) is 17.5. The van der Waals surface area contributed by atoms with Gasteiger partial charge in [-0.1, -0.05) is 11.2 Å². The topological polar surface area (TPSA) is 123 Å². The maximum Gasteiger partial charge on any atom is 0.255 e. The maximum atomic E-state index is 13.4. The smallest absolute Gasteiger partial charge is 0.255 e. The Morgan fingerprint density at radius 3 is 2.68 bits per heavy atom. The molecule has 1 amide bonds. The highest BCUT2D eigenvalue weighted by Gasteiger charge is 2.34. The highest BCUT2D eigenvalue weighted by atomic mass is 16.5. The van der Waals surface area contributed by atoms with E-state index >= 15 is 0 Å². The molecule has 10 heteroatoms. The second kappa shape index (κ2) is 7.98. The number of nitrogens with zero attached hydrogens (tertiary/aromatic N) is 4. The van der Waals surface area contributed by atoms with Crippen LogP contribution in [0.2, 0.25) is 0 Å². The monoisotopic (exact) mass is 422 g/mol. The number of ether oxygens (including phenoxy) is 2. The van der Waals surface area contributed by atoms with Crippen molar-refractivity contribution in [2.24, 2.45) is 0 Å². The van der Waals surface area contributed by atoms with Gasteiger partial charge in [-0.15, -0.1) is 0 Å². The zero-order chi connectivity index (χ0) is 22.1. The Morgan fingerprint density at radius 1 is 1.16 bits per heavy atom. The molecule has 0 fully saturated rings. The van der Waals surface area contributed by atoms with Crippen molar-refractivity contribution >= 4 is 17.5 Å². The number of benzene rings is 2. The van der Waals surface area contributed by atoms with Gasteiger partial charge in [0.25, 0.3) is 5.91 Å². The van der Waals surface area contributed by atoms with Gasteiger partial charge >= 0.3 is 0 Å². The van der Waals surface area contributed by atoms with Crippen molar-refractivity contribution in [3.05, 3.63) is 58.8 Å². The van der Waals surface area contributed by atoms with Crippen molar-refractivity contribution in [3.8, 4) is 17.2 Å². The minimum absolute atomic E-state index is 0.171. The van der Waals surface area contributed by atoms with Crippen LogP contribution in [0.15, 0.2) is 47.7 Å². The molecular formula is C21H22N6O4. The number of tetrazole rings is 1. The Balaban J connectivity index is 1.76. The lowest BCUT2D eigenvalue weighted by atomic mass is 9.93. The second-order valence-electron chi connectivity index (χ2n) is 7.08. The predicted molar refractivity (Wildman–Crippen MR) is 113 cm³/mol. The third kappa shape index (κ3) is 3.63. The first-order chi connectivity index (χ1) is 14.9. The SMILES string of the molecule is COc1ccc(NC(=O)C2=C(C)Nc3nnnn3[C@H]2c2ccc(O)c(C)c2)c(OC)c1. The average Bonchev–Trinajstić information content (AvgIpc) is 3.22. The van der Waals surface area contributed by atoms with Crippen LogP contribution in [-0.4, -0.2) is 45.4 Å². The van der Waals surface area contributed by atoms with Crippen LogP contribution in [0.5, 0.6) is 17.2 Å². The third-order valence-corrected chi connectivity index (χ3v) is 5.15. The number of allylic oxidation sites excluding steroid dienone is 1. The number of aromatic hydroxyl groups is 1. The molecule has 4 rings (SSSR count). The van der Waals surface area contributed by atoms with E-state index in [1.165, 1.54) is 7.11 Å². The van der Waals surface area contributed by atoms with E-state index < -0.39 is 6.04 Å². The standard InChI is InChI=1S/C21H22N6O4/c1-11-9-13(5-8-16(11)28)19-18(12(2)22-21-24-25-26-27(19)21)20(29)23-15-7-6-14(30-3)10-17(15)31-4/h5-10,19,28H,1-4H3,(H,23,29)(H,22,24,26)/t19-/m0/s1. The summed E-state index contributed by atoms with van der Waals surface area (Å²) in [7, 11) is 3.08. The molecule has 0 bridgehead atoms. The van der Waals surface area contributed by atoms with Gasteiger partial charge < -0.3 is 25.2 Å². The number of phenolic OH excluding ortho intramolecular Hbond substituents is 1. The normalized spacial score (nSPS) is 15.2. The van der Waals surface area contributed by atoms with E-state index in [1.807, 2.05) is 6.07 Å². The summed E-state index contributed by atoms with van der Waals surface area (Å²) in [5.74, 6) is 1.33. The Morgan fingerprint density at radius 2 is 1.97 bits per heavy atom. The molecule has 1 aliphatic rings. The Hall–Kier alpha value is -4.08. The summed E-state index contributed by atoms with van der Waals surface area (Å²) in [4.78, 5) is 13.4. The molecule has 2 heterocycles. The summed E-state index contributed by atoms with van der Waals surface area (Å²) in [6, 6.07) is 9.70. The van der Waals surface area contributed by atoms with Gasteiger partial charge in [-0.3, -0.25) is 4.79 Å². The van der Waals surface area contributed by atoms with Gasteiger partial charge in [-0.05, 0) is 59.7 Å². The van der Waals surface area contributed by atoms with Crippen LogP contribution >= 0.6 is 0 Å². The van der Waals surface area contributed by atoms with E-state index in [4.69, 9.17) is 9.47 Å². The molecule has 160 valence electrons.